The molecule has 0 amide bonds. The summed E-state index contributed by atoms with van der Waals surface area (Å²) in [7, 11) is 0. The lowest BCUT2D eigenvalue weighted by molar-refractivity contribution is -0.0986. The minimum atomic E-state index is 0.110. The molecule has 3 N–H and O–H groups in total. The number of hydrogen-bond acceptors (Lipinski definition) is 3. The van der Waals surface area contributed by atoms with Crippen molar-refractivity contribution in [1.29, 1.82) is 0 Å². The molecule has 3 atom stereocenters. The third-order valence-electron chi connectivity index (χ3n) is 5.67. The zero-order valence-corrected chi connectivity index (χ0v) is 11.5. The maximum Gasteiger partial charge on any atom is 0.0507 e. The molecular formula is C16H20N4. The third-order valence-corrected chi connectivity index (χ3v) is 5.67. The maximum atomic E-state index is 6.72. The molecule has 20 heavy (non-hydrogen) atoms. The summed E-state index contributed by atoms with van der Waals surface area (Å²) >= 11 is 0. The number of nitrogens with one attached hydrogen (secondary N) is 1. The third kappa shape index (κ3) is 1.27. The second kappa shape index (κ2) is 3.64. The van der Waals surface area contributed by atoms with Gasteiger partial charge >= 0.3 is 0 Å². The lowest BCUT2D eigenvalue weighted by atomic mass is 9.63. The Bertz CT molecular complexity index is 662. The highest BCUT2D eigenvalue weighted by Gasteiger charge is 2.56. The maximum absolute atomic E-state index is 6.72. The number of piperidine rings is 2. The van der Waals surface area contributed by atoms with Crippen molar-refractivity contribution in [2.45, 2.75) is 11.5 Å². The molecule has 1 aromatic carbocycles. The van der Waals surface area contributed by atoms with Crippen LogP contribution in [0.15, 0.2) is 30.5 Å². The first-order valence-corrected chi connectivity index (χ1v) is 7.53. The Morgan fingerprint density at radius 2 is 1.90 bits per heavy atom. The van der Waals surface area contributed by atoms with Crippen LogP contribution in [-0.2, 0) is 5.41 Å². The molecule has 0 saturated carbocycles. The van der Waals surface area contributed by atoms with Gasteiger partial charge in [0.1, 0.15) is 0 Å². The fourth-order valence-electron chi connectivity index (χ4n) is 4.92. The van der Waals surface area contributed by atoms with E-state index in [-0.39, 0.29) is 11.5 Å². The van der Waals surface area contributed by atoms with Crippen molar-refractivity contribution in [3.05, 3.63) is 36.0 Å². The molecule has 4 heteroatoms. The average molecular weight is 268 g/mol. The van der Waals surface area contributed by atoms with Crippen molar-refractivity contribution in [2.24, 2.45) is 11.7 Å². The molecule has 0 radical (unpaired) electrons. The van der Waals surface area contributed by atoms with Gasteiger partial charge in [-0.2, -0.15) is 0 Å². The minimum Gasteiger partial charge on any atom is -0.361 e. The van der Waals surface area contributed by atoms with E-state index in [4.69, 9.17) is 5.73 Å². The average Bonchev–Trinajstić information content (AvgIpc) is 2.88. The van der Waals surface area contributed by atoms with Crippen LogP contribution >= 0.6 is 0 Å². The molecular weight excluding hydrogens is 248 g/mol. The lowest BCUT2D eigenvalue weighted by Crippen LogP contribution is -2.76. The van der Waals surface area contributed by atoms with Crippen LogP contribution in [0.25, 0.3) is 10.9 Å². The summed E-state index contributed by atoms with van der Waals surface area (Å²) in [6.07, 6.45) is 2.21. The molecule has 0 aliphatic carbocycles. The molecule has 4 aliphatic heterocycles. The number of rotatable bonds is 1. The zero-order chi connectivity index (χ0) is 13.3. The molecule has 4 saturated heterocycles. The molecule has 4 fully saturated rings. The number of H-pyrrole nitrogens is 1. The summed E-state index contributed by atoms with van der Waals surface area (Å²) in [5.41, 5.74) is 9.49. The van der Waals surface area contributed by atoms with Crippen molar-refractivity contribution < 1.29 is 0 Å². The van der Waals surface area contributed by atoms with Crippen molar-refractivity contribution in [1.82, 2.24) is 14.8 Å². The number of para-hydroxylation sites is 1. The van der Waals surface area contributed by atoms with Gasteiger partial charge in [0.2, 0.25) is 0 Å². The van der Waals surface area contributed by atoms with Crippen LogP contribution in [0.3, 0.4) is 0 Å². The van der Waals surface area contributed by atoms with Crippen molar-refractivity contribution in [3.63, 3.8) is 0 Å². The van der Waals surface area contributed by atoms with Crippen molar-refractivity contribution >= 4 is 10.9 Å². The number of aromatic nitrogens is 1. The van der Waals surface area contributed by atoms with Gasteiger partial charge in [-0.3, -0.25) is 9.80 Å². The Balaban J connectivity index is 1.72. The van der Waals surface area contributed by atoms with Gasteiger partial charge in [-0.15, -0.1) is 0 Å². The lowest BCUT2D eigenvalue weighted by Gasteiger charge is -2.62. The van der Waals surface area contributed by atoms with E-state index < -0.39 is 0 Å². The van der Waals surface area contributed by atoms with Gasteiger partial charge in [0.05, 0.1) is 6.67 Å². The number of nitrogens with zero attached hydrogens (tertiary/aromatic N) is 2. The van der Waals surface area contributed by atoms with Crippen molar-refractivity contribution in [2.75, 3.05) is 32.8 Å². The van der Waals surface area contributed by atoms with Crippen molar-refractivity contribution in [3.8, 4) is 0 Å². The SMILES string of the molecule is NC1C2CN3CN(C2)CC1(c1c[nH]c2ccccc12)C3. The summed E-state index contributed by atoms with van der Waals surface area (Å²) in [5.74, 6) is 0.625. The highest BCUT2D eigenvalue weighted by atomic mass is 15.4. The molecule has 6 rings (SSSR count). The van der Waals surface area contributed by atoms with E-state index in [1.165, 1.54) is 29.6 Å². The molecule has 0 spiro atoms. The second-order valence-corrected chi connectivity index (χ2v) is 6.85. The first kappa shape index (κ1) is 11.3. The van der Waals surface area contributed by atoms with E-state index in [2.05, 4.69) is 45.2 Å². The second-order valence-electron chi connectivity index (χ2n) is 6.85. The van der Waals surface area contributed by atoms with Gasteiger partial charge in [-0.1, -0.05) is 18.2 Å². The summed E-state index contributed by atoms with van der Waals surface area (Å²) in [5, 5.41) is 1.35. The van der Waals surface area contributed by atoms with Crippen LogP contribution in [-0.4, -0.2) is 53.7 Å². The van der Waals surface area contributed by atoms with Crippen LogP contribution in [0, 0.1) is 5.92 Å². The molecule has 104 valence electrons. The first-order valence-electron chi connectivity index (χ1n) is 7.53. The molecule has 3 unspecified atom stereocenters. The zero-order valence-electron chi connectivity index (χ0n) is 11.5. The van der Waals surface area contributed by atoms with Gasteiger partial charge in [0.15, 0.2) is 0 Å². The van der Waals surface area contributed by atoms with Crippen LogP contribution in [0.4, 0.5) is 0 Å². The topological polar surface area (TPSA) is 48.3 Å². The van der Waals surface area contributed by atoms with Crippen LogP contribution in [0.5, 0.6) is 0 Å². The number of fused-ring (bicyclic) bond motifs is 1. The molecule has 4 nitrogen and oxygen atoms in total. The van der Waals surface area contributed by atoms with Gasteiger partial charge in [0.25, 0.3) is 0 Å². The number of aromatic amines is 1. The minimum absolute atomic E-state index is 0.110. The molecule has 1 aromatic heterocycles. The predicted molar refractivity (Wildman–Crippen MR) is 79.5 cm³/mol. The monoisotopic (exact) mass is 268 g/mol. The Kier molecular flexibility index (Phi) is 2.06. The number of hydrogen-bond donors (Lipinski definition) is 2. The molecule has 5 heterocycles. The van der Waals surface area contributed by atoms with E-state index in [1.54, 1.807) is 0 Å². The van der Waals surface area contributed by atoms with Crippen LogP contribution in [0.1, 0.15) is 5.56 Å². The number of nitrogens with two attached hydrogens (primary N) is 1. The summed E-state index contributed by atoms with van der Waals surface area (Å²) < 4.78 is 0. The fraction of sp³-hybridized carbons (Fsp3) is 0.500. The van der Waals surface area contributed by atoms with Gasteiger partial charge in [-0.25, -0.2) is 0 Å². The molecule has 2 aromatic rings. The predicted octanol–water partition coefficient (Wildman–Crippen LogP) is 0.952. The fourth-order valence-corrected chi connectivity index (χ4v) is 4.92. The Morgan fingerprint density at radius 1 is 1.15 bits per heavy atom. The normalized spacial score (nSPS) is 42.5. The van der Waals surface area contributed by atoms with E-state index in [0.29, 0.717) is 5.92 Å². The largest absolute Gasteiger partial charge is 0.361 e. The Hall–Kier alpha value is -1.36. The smallest absolute Gasteiger partial charge is 0.0507 e. The summed E-state index contributed by atoms with van der Waals surface area (Å²) in [6.45, 7) is 5.73. The Labute approximate surface area is 118 Å². The van der Waals surface area contributed by atoms with E-state index in [1.807, 2.05) is 0 Å². The summed E-state index contributed by atoms with van der Waals surface area (Å²) in [4.78, 5) is 8.61. The van der Waals surface area contributed by atoms with Crippen LogP contribution < -0.4 is 5.73 Å². The van der Waals surface area contributed by atoms with Gasteiger partial charge in [-0.05, 0) is 11.6 Å². The van der Waals surface area contributed by atoms with E-state index in [9.17, 15) is 0 Å². The molecule has 4 bridgehead atoms. The van der Waals surface area contributed by atoms with Gasteiger partial charge < -0.3 is 10.7 Å². The molecule has 4 aliphatic rings. The van der Waals surface area contributed by atoms with Gasteiger partial charge in [0, 0.05) is 60.7 Å². The first-order chi connectivity index (χ1) is 9.76. The quantitative estimate of drug-likeness (QED) is 0.809. The highest BCUT2D eigenvalue weighted by Crippen LogP contribution is 2.45. The number of benzene rings is 1. The Morgan fingerprint density at radius 3 is 2.70 bits per heavy atom. The van der Waals surface area contributed by atoms with E-state index >= 15 is 0 Å². The standard InChI is InChI=1S/C16H20N4/c17-15-11-6-19-8-16(15,9-20(7-11)10-19)13-5-18-14-4-2-1-3-12(13)14/h1-5,11,15,18H,6-10,17H2. The highest BCUT2D eigenvalue weighted by molar-refractivity contribution is 5.84. The van der Waals surface area contributed by atoms with E-state index in [0.717, 1.165) is 19.8 Å². The summed E-state index contributed by atoms with van der Waals surface area (Å²) in [6, 6.07) is 8.90. The van der Waals surface area contributed by atoms with Crippen LogP contribution in [0.2, 0.25) is 0 Å².